The third-order valence-corrected chi connectivity index (χ3v) is 7.23. The van der Waals surface area contributed by atoms with Crippen molar-refractivity contribution in [3.63, 3.8) is 0 Å². The molecule has 1 fully saturated rings. The number of aliphatic carboxylic acids is 1. The fraction of sp³-hybridized carbons (Fsp3) is 0.464. The first-order chi connectivity index (χ1) is 16.9. The van der Waals surface area contributed by atoms with E-state index < -0.39 is 23.6 Å². The molecule has 0 aliphatic heterocycles. The molecule has 7 nitrogen and oxygen atoms in total. The summed E-state index contributed by atoms with van der Waals surface area (Å²) in [4.78, 5) is 37.2. The maximum atomic E-state index is 13.0. The Labute approximate surface area is 206 Å². The van der Waals surface area contributed by atoms with E-state index in [1.54, 1.807) is 0 Å². The quantitative estimate of drug-likeness (QED) is 0.471. The Morgan fingerprint density at radius 1 is 1.00 bits per heavy atom. The SMILES string of the molecule is CCC[C@@H](NC(=O)CC1(NC(=O)OCC2c3ccccc3-c3ccccc32)CCCCC1)C(=O)O. The Morgan fingerprint density at radius 3 is 2.17 bits per heavy atom. The van der Waals surface area contributed by atoms with E-state index in [1.807, 2.05) is 31.2 Å². The highest BCUT2D eigenvalue weighted by atomic mass is 16.5. The van der Waals surface area contributed by atoms with Crippen molar-refractivity contribution in [2.24, 2.45) is 0 Å². The van der Waals surface area contributed by atoms with Crippen LogP contribution in [0, 0.1) is 0 Å². The number of carboxylic acids is 1. The van der Waals surface area contributed by atoms with Crippen LogP contribution in [0.1, 0.15) is 75.3 Å². The second-order valence-electron chi connectivity index (χ2n) is 9.72. The summed E-state index contributed by atoms with van der Waals surface area (Å²) < 4.78 is 5.73. The predicted molar refractivity (Wildman–Crippen MR) is 133 cm³/mol. The fourth-order valence-electron chi connectivity index (χ4n) is 5.52. The van der Waals surface area contributed by atoms with Gasteiger partial charge in [-0.05, 0) is 41.5 Å². The summed E-state index contributed by atoms with van der Waals surface area (Å²) in [7, 11) is 0. The molecule has 7 heteroatoms. The summed E-state index contributed by atoms with van der Waals surface area (Å²) in [6.07, 6.45) is 4.70. The molecule has 0 unspecified atom stereocenters. The molecule has 1 atom stereocenters. The van der Waals surface area contributed by atoms with Crippen LogP contribution in [-0.2, 0) is 14.3 Å². The number of rotatable bonds is 9. The van der Waals surface area contributed by atoms with Gasteiger partial charge in [-0.3, -0.25) is 4.79 Å². The molecule has 186 valence electrons. The number of amides is 2. The first-order valence-corrected chi connectivity index (χ1v) is 12.6. The zero-order valence-electron chi connectivity index (χ0n) is 20.2. The molecule has 0 heterocycles. The number of benzene rings is 2. The standard InChI is InChI=1S/C28H34N2O5/c1-2-10-24(26(32)33)29-25(31)17-28(15-8-3-9-16-28)30-27(34)35-18-23-21-13-6-4-11-19(21)20-12-5-7-14-22(20)23/h4-7,11-14,23-24H,2-3,8-10,15-18H2,1H3,(H,29,31)(H,30,34)(H,32,33)/t24-/m1/s1. The number of carbonyl (C=O) groups excluding carboxylic acids is 2. The molecule has 2 aliphatic carbocycles. The third-order valence-electron chi connectivity index (χ3n) is 7.23. The lowest BCUT2D eigenvalue weighted by molar-refractivity contribution is -0.142. The van der Waals surface area contributed by atoms with E-state index in [0.717, 1.165) is 41.5 Å². The van der Waals surface area contributed by atoms with E-state index >= 15 is 0 Å². The number of nitrogens with one attached hydrogen (secondary N) is 2. The van der Waals surface area contributed by atoms with Crippen LogP contribution < -0.4 is 10.6 Å². The van der Waals surface area contributed by atoms with E-state index in [-0.39, 0.29) is 24.9 Å². The third kappa shape index (κ3) is 5.66. The average molecular weight is 479 g/mol. The summed E-state index contributed by atoms with van der Waals surface area (Å²) in [6, 6.07) is 15.4. The van der Waals surface area contributed by atoms with Crippen LogP contribution in [0.3, 0.4) is 0 Å². The van der Waals surface area contributed by atoms with Gasteiger partial charge in [-0.25, -0.2) is 9.59 Å². The Morgan fingerprint density at radius 2 is 1.60 bits per heavy atom. The van der Waals surface area contributed by atoms with Crippen molar-refractivity contribution in [2.75, 3.05) is 6.61 Å². The number of fused-ring (bicyclic) bond motifs is 3. The van der Waals surface area contributed by atoms with E-state index in [4.69, 9.17) is 4.74 Å². The molecule has 0 radical (unpaired) electrons. The van der Waals surface area contributed by atoms with Gasteiger partial charge in [-0.1, -0.05) is 81.1 Å². The zero-order valence-corrected chi connectivity index (χ0v) is 20.2. The second-order valence-corrected chi connectivity index (χ2v) is 9.72. The topological polar surface area (TPSA) is 105 Å². The van der Waals surface area contributed by atoms with E-state index in [9.17, 15) is 19.5 Å². The molecule has 0 aromatic heterocycles. The number of carboxylic acid groups (broad SMARTS) is 1. The van der Waals surface area contributed by atoms with Crippen molar-refractivity contribution in [2.45, 2.75) is 75.8 Å². The molecular formula is C28H34N2O5. The van der Waals surface area contributed by atoms with Gasteiger partial charge in [0.2, 0.25) is 5.91 Å². The van der Waals surface area contributed by atoms with Gasteiger partial charge < -0.3 is 20.5 Å². The summed E-state index contributed by atoms with van der Waals surface area (Å²) in [5, 5.41) is 15.0. The molecule has 2 aromatic carbocycles. The maximum Gasteiger partial charge on any atom is 0.407 e. The summed E-state index contributed by atoms with van der Waals surface area (Å²) in [6.45, 7) is 2.09. The Balaban J connectivity index is 1.41. The highest BCUT2D eigenvalue weighted by Crippen LogP contribution is 2.44. The number of hydrogen-bond donors (Lipinski definition) is 3. The molecule has 4 rings (SSSR count). The van der Waals surface area contributed by atoms with Crippen molar-refractivity contribution >= 4 is 18.0 Å². The van der Waals surface area contributed by atoms with Gasteiger partial charge in [-0.15, -0.1) is 0 Å². The summed E-state index contributed by atoms with van der Waals surface area (Å²) in [5.41, 5.74) is 3.89. The van der Waals surface area contributed by atoms with Gasteiger partial charge in [0.05, 0.1) is 5.54 Å². The van der Waals surface area contributed by atoms with Crippen molar-refractivity contribution in [1.82, 2.24) is 10.6 Å². The molecular weight excluding hydrogens is 444 g/mol. The second kappa shape index (κ2) is 10.9. The van der Waals surface area contributed by atoms with Crippen LogP contribution in [0.15, 0.2) is 48.5 Å². The minimum absolute atomic E-state index is 0.0378. The van der Waals surface area contributed by atoms with Crippen LogP contribution in [0.4, 0.5) is 4.79 Å². The molecule has 3 N–H and O–H groups in total. The Bertz CT molecular complexity index is 1030. The van der Waals surface area contributed by atoms with E-state index in [0.29, 0.717) is 25.7 Å². The lowest BCUT2D eigenvalue weighted by Gasteiger charge is -2.37. The molecule has 35 heavy (non-hydrogen) atoms. The minimum Gasteiger partial charge on any atom is -0.480 e. The normalized spacial score (nSPS) is 17.1. The van der Waals surface area contributed by atoms with Crippen molar-refractivity contribution < 1.29 is 24.2 Å². The Kier molecular flexibility index (Phi) is 7.73. The number of carbonyl (C=O) groups is 3. The van der Waals surface area contributed by atoms with Gasteiger partial charge in [0.15, 0.2) is 0 Å². The fourth-order valence-corrected chi connectivity index (χ4v) is 5.52. The average Bonchev–Trinajstić information content (AvgIpc) is 3.16. The lowest BCUT2D eigenvalue weighted by atomic mass is 9.79. The van der Waals surface area contributed by atoms with E-state index in [1.165, 1.54) is 0 Å². The number of alkyl carbamates (subject to hydrolysis) is 1. The molecule has 2 aliphatic rings. The van der Waals surface area contributed by atoms with Crippen LogP contribution in [0.2, 0.25) is 0 Å². The van der Waals surface area contributed by atoms with Gasteiger partial charge in [0, 0.05) is 12.3 Å². The number of hydrogen-bond acceptors (Lipinski definition) is 4. The zero-order chi connectivity index (χ0) is 24.8. The first kappa shape index (κ1) is 24.8. The van der Waals surface area contributed by atoms with Gasteiger partial charge in [-0.2, -0.15) is 0 Å². The van der Waals surface area contributed by atoms with Crippen LogP contribution in [0.25, 0.3) is 11.1 Å². The predicted octanol–water partition coefficient (Wildman–Crippen LogP) is 4.99. The van der Waals surface area contributed by atoms with Gasteiger partial charge >= 0.3 is 12.1 Å². The highest BCUT2D eigenvalue weighted by molar-refractivity contribution is 5.84. The number of ether oxygens (including phenoxy) is 1. The summed E-state index contributed by atoms with van der Waals surface area (Å²) in [5.74, 6) is -1.43. The first-order valence-electron chi connectivity index (χ1n) is 12.6. The van der Waals surface area contributed by atoms with Crippen molar-refractivity contribution in [1.29, 1.82) is 0 Å². The van der Waals surface area contributed by atoms with Crippen molar-refractivity contribution in [3.8, 4) is 11.1 Å². The molecule has 2 aromatic rings. The molecule has 0 spiro atoms. The van der Waals surface area contributed by atoms with Gasteiger partial charge in [0.1, 0.15) is 12.6 Å². The Hall–Kier alpha value is -3.35. The van der Waals surface area contributed by atoms with Crippen LogP contribution >= 0.6 is 0 Å². The maximum absolute atomic E-state index is 13.0. The van der Waals surface area contributed by atoms with Crippen LogP contribution in [-0.4, -0.2) is 41.3 Å². The minimum atomic E-state index is -1.04. The lowest BCUT2D eigenvalue weighted by Crippen LogP contribution is -2.54. The molecule has 0 saturated heterocycles. The van der Waals surface area contributed by atoms with E-state index in [2.05, 4.69) is 34.9 Å². The highest BCUT2D eigenvalue weighted by Gasteiger charge is 2.38. The monoisotopic (exact) mass is 478 g/mol. The molecule has 2 amide bonds. The molecule has 0 bridgehead atoms. The summed E-state index contributed by atoms with van der Waals surface area (Å²) >= 11 is 0. The van der Waals surface area contributed by atoms with Crippen molar-refractivity contribution in [3.05, 3.63) is 59.7 Å². The van der Waals surface area contributed by atoms with Crippen LogP contribution in [0.5, 0.6) is 0 Å². The molecule has 1 saturated carbocycles. The van der Waals surface area contributed by atoms with Gasteiger partial charge in [0.25, 0.3) is 0 Å². The largest absolute Gasteiger partial charge is 0.480 e. The smallest absolute Gasteiger partial charge is 0.407 e.